The number of nitrogens with one attached hydrogen (secondary N) is 1. The molecule has 28 heavy (non-hydrogen) atoms. The van der Waals surface area contributed by atoms with Crippen molar-refractivity contribution < 1.29 is 4.79 Å². The van der Waals surface area contributed by atoms with E-state index >= 15 is 0 Å². The molecule has 150 valence electrons. The van der Waals surface area contributed by atoms with Crippen molar-refractivity contribution in [1.29, 1.82) is 0 Å². The van der Waals surface area contributed by atoms with Crippen LogP contribution in [0.5, 0.6) is 0 Å². The normalized spacial score (nSPS) is 21.1. The van der Waals surface area contributed by atoms with E-state index in [0.717, 1.165) is 51.0 Å². The van der Waals surface area contributed by atoms with Crippen molar-refractivity contribution in [1.82, 2.24) is 24.8 Å². The molecule has 0 bridgehead atoms. The number of hydrogen-bond acceptors (Lipinski definition) is 4. The maximum absolute atomic E-state index is 12.7. The van der Waals surface area contributed by atoms with Crippen LogP contribution in [0.15, 0.2) is 30.9 Å². The largest absolute Gasteiger partial charge is 0.348 e. The molecule has 6 heteroatoms. The van der Waals surface area contributed by atoms with Gasteiger partial charge in [-0.1, -0.05) is 19.9 Å². The summed E-state index contributed by atoms with van der Waals surface area (Å²) in [5.74, 6) is 1.42. The molecule has 1 amide bonds. The molecule has 1 N–H and O–H groups in total. The SMILES string of the molecule is CC(C)CN1CCc2[nH]cnc2C1C1CCN(C(=O)Cc2cccnc2)CC1. The molecule has 2 aliphatic heterocycles. The second kappa shape index (κ2) is 8.43. The lowest BCUT2D eigenvalue weighted by Crippen LogP contribution is -2.46. The number of H-pyrrole nitrogens is 1. The van der Waals surface area contributed by atoms with Gasteiger partial charge in [0.15, 0.2) is 0 Å². The van der Waals surface area contributed by atoms with Gasteiger partial charge in [-0.3, -0.25) is 14.7 Å². The Labute approximate surface area is 167 Å². The van der Waals surface area contributed by atoms with Crippen molar-refractivity contribution in [2.45, 2.75) is 45.6 Å². The van der Waals surface area contributed by atoms with Gasteiger partial charge in [-0.05, 0) is 36.3 Å². The van der Waals surface area contributed by atoms with Crippen molar-refractivity contribution >= 4 is 5.91 Å². The zero-order valence-electron chi connectivity index (χ0n) is 17.0. The minimum Gasteiger partial charge on any atom is -0.348 e. The predicted molar refractivity (Wildman–Crippen MR) is 109 cm³/mol. The summed E-state index contributed by atoms with van der Waals surface area (Å²) < 4.78 is 0. The van der Waals surface area contributed by atoms with Crippen LogP contribution in [-0.4, -0.2) is 56.8 Å². The van der Waals surface area contributed by atoms with E-state index in [1.54, 1.807) is 12.4 Å². The zero-order chi connectivity index (χ0) is 19.5. The maximum Gasteiger partial charge on any atom is 0.227 e. The number of amides is 1. The van der Waals surface area contributed by atoms with E-state index in [4.69, 9.17) is 4.98 Å². The first-order valence-corrected chi connectivity index (χ1v) is 10.5. The minimum absolute atomic E-state index is 0.217. The summed E-state index contributed by atoms with van der Waals surface area (Å²) in [5.41, 5.74) is 3.54. The quantitative estimate of drug-likeness (QED) is 0.865. The molecule has 2 aromatic rings. The highest BCUT2D eigenvalue weighted by molar-refractivity contribution is 5.78. The lowest BCUT2D eigenvalue weighted by atomic mass is 9.83. The summed E-state index contributed by atoms with van der Waals surface area (Å²) in [6.07, 6.45) is 8.98. The van der Waals surface area contributed by atoms with Crippen LogP contribution in [0.4, 0.5) is 0 Å². The van der Waals surface area contributed by atoms with Gasteiger partial charge < -0.3 is 9.88 Å². The number of hydrogen-bond donors (Lipinski definition) is 1. The van der Waals surface area contributed by atoms with E-state index in [-0.39, 0.29) is 5.91 Å². The number of fused-ring (bicyclic) bond motifs is 1. The van der Waals surface area contributed by atoms with Crippen LogP contribution in [0.25, 0.3) is 0 Å². The minimum atomic E-state index is 0.217. The highest BCUT2D eigenvalue weighted by atomic mass is 16.2. The van der Waals surface area contributed by atoms with Crippen LogP contribution in [0.1, 0.15) is 49.7 Å². The van der Waals surface area contributed by atoms with Crippen molar-refractivity contribution in [2.24, 2.45) is 11.8 Å². The van der Waals surface area contributed by atoms with Gasteiger partial charge in [0.05, 0.1) is 24.5 Å². The van der Waals surface area contributed by atoms with Crippen molar-refractivity contribution in [3.05, 3.63) is 47.8 Å². The van der Waals surface area contributed by atoms with Crippen LogP contribution in [0.3, 0.4) is 0 Å². The van der Waals surface area contributed by atoms with Crippen LogP contribution >= 0.6 is 0 Å². The van der Waals surface area contributed by atoms with Gasteiger partial charge in [0.1, 0.15) is 0 Å². The molecule has 0 radical (unpaired) electrons. The number of pyridine rings is 1. The van der Waals surface area contributed by atoms with Crippen molar-refractivity contribution in [3.63, 3.8) is 0 Å². The molecule has 0 saturated carbocycles. The van der Waals surface area contributed by atoms with Gasteiger partial charge in [-0.25, -0.2) is 4.98 Å². The Morgan fingerprint density at radius 2 is 2.11 bits per heavy atom. The molecule has 1 atom stereocenters. The fourth-order valence-electron chi connectivity index (χ4n) is 4.80. The van der Waals surface area contributed by atoms with E-state index in [1.807, 2.05) is 23.4 Å². The molecule has 1 saturated heterocycles. The summed E-state index contributed by atoms with van der Waals surface area (Å²) in [4.78, 5) is 29.5. The predicted octanol–water partition coefficient (Wildman–Crippen LogP) is 2.84. The number of rotatable bonds is 5. The third kappa shape index (κ3) is 4.12. The summed E-state index contributed by atoms with van der Waals surface area (Å²) in [6, 6.07) is 4.25. The number of aromatic nitrogens is 3. The number of likely N-dealkylation sites (tertiary alicyclic amines) is 1. The Balaban J connectivity index is 1.41. The number of carbonyl (C=O) groups excluding carboxylic acids is 1. The summed E-state index contributed by atoms with van der Waals surface area (Å²) >= 11 is 0. The number of nitrogens with zero attached hydrogens (tertiary/aromatic N) is 4. The van der Waals surface area contributed by atoms with E-state index in [1.165, 1.54) is 11.4 Å². The summed E-state index contributed by atoms with van der Waals surface area (Å²) in [5, 5.41) is 0. The lowest BCUT2D eigenvalue weighted by Gasteiger charge is -2.43. The van der Waals surface area contributed by atoms with Gasteiger partial charge in [0.25, 0.3) is 0 Å². The molecule has 1 fully saturated rings. The van der Waals surface area contributed by atoms with E-state index in [2.05, 4.69) is 28.7 Å². The first kappa shape index (κ1) is 19.1. The Morgan fingerprint density at radius 3 is 2.82 bits per heavy atom. The average molecular weight is 382 g/mol. The number of carbonyl (C=O) groups is 1. The van der Waals surface area contributed by atoms with E-state index in [9.17, 15) is 4.79 Å². The van der Waals surface area contributed by atoms with Crippen LogP contribution in [-0.2, 0) is 17.6 Å². The lowest BCUT2D eigenvalue weighted by molar-refractivity contribution is -0.132. The molecule has 0 aliphatic carbocycles. The fraction of sp³-hybridized carbons (Fsp3) is 0.591. The highest BCUT2D eigenvalue weighted by Crippen LogP contribution is 2.39. The van der Waals surface area contributed by atoms with Gasteiger partial charge in [0.2, 0.25) is 5.91 Å². The molecule has 4 rings (SSSR count). The Hall–Kier alpha value is -2.21. The molecule has 6 nitrogen and oxygen atoms in total. The average Bonchev–Trinajstić information content (AvgIpc) is 3.17. The Bertz CT molecular complexity index is 779. The number of piperidine rings is 1. The third-order valence-electron chi connectivity index (χ3n) is 6.09. The highest BCUT2D eigenvalue weighted by Gasteiger charge is 2.37. The zero-order valence-corrected chi connectivity index (χ0v) is 17.0. The Morgan fingerprint density at radius 1 is 1.29 bits per heavy atom. The van der Waals surface area contributed by atoms with Crippen LogP contribution < -0.4 is 0 Å². The standard InChI is InChI=1S/C22H31N5O/c1-16(2)14-27-11-7-19-21(25-15-24-19)22(27)18-5-9-26(10-6-18)20(28)12-17-4-3-8-23-13-17/h3-4,8,13,15-16,18,22H,5-7,9-12,14H2,1-2H3,(H,24,25). The van der Waals surface area contributed by atoms with Crippen molar-refractivity contribution in [2.75, 3.05) is 26.2 Å². The van der Waals surface area contributed by atoms with Gasteiger partial charge in [-0.15, -0.1) is 0 Å². The second-order valence-electron chi connectivity index (χ2n) is 8.61. The van der Waals surface area contributed by atoms with Crippen molar-refractivity contribution in [3.8, 4) is 0 Å². The smallest absolute Gasteiger partial charge is 0.227 e. The molecule has 1 unspecified atom stereocenters. The van der Waals surface area contributed by atoms with Crippen LogP contribution in [0.2, 0.25) is 0 Å². The van der Waals surface area contributed by atoms with Crippen LogP contribution in [0, 0.1) is 11.8 Å². The number of aromatic amines is 1. The molecular formula is C22H31N5O. The maximum atomic E-state index is 12.7. The van der Waals surface area contributed by atoms with E-state index < -0.39 is 0 Å². The summed E-state index contributed by atoms with van der Waals surface area (Å²) in [6.45, 7) is 8.47. The topological polar surface area (TPSA) is 65.1 Å². The molecular weight excluding hydrogens is 350 g/mol. The van der Waals surface area contributed by atoms with Gasteiger partial charge in [0, 0.05) is 50.7 Å². The summed E-state index contributed by atoms with van der Waals surface area (Å²) in [7, 11) is 0. The third-order valence-corrected chi connectivity index (χ3v) is 6.09. The van der Waals surface area contributed by atoms with E-state index in [0.29, 0.717) is 24.3 Å². The molecule has 2 aromatic heterocycles. The molecule has 0 spiro atoms. The Kier molecular flexibility index (Phi) is 5.76. The molecule has 4 heterocycles. The number of imidazole rings is 1. The first-order chi connectivity index (χ1) is 13.6. The fourth-order valence-corrected chi connectivity index (χ4v) is 4.80. The molecule has 0 aromatic carbocycles. The monoisotopic (exact) mass is 381 g/mol. The first-order valence-electron chi connectivity index (χ1n) is 10.5. The molecule has 2 aliphatic rings. The van der Waals surface area contributed by atoms with Gasteiger partial charge >= 0.3 is 0 Å². The van der Waals surface area contributed by atoms with Gasteiger partial charge in [-0.2, -0.15) is 0 Å². The second-order valence-corrected chi connectivity index (χ2v) is 8.61.